The first-order chi connectivity index (χ1) is 11.1. The SMILES string of the molecule is CCOP(=O)(CC(CN=[N+]=[N-])COCc1ccccc1)OCC. The molecular formula is C15H24N3O4P. The van der Waals surface area contributed by atoms with E-state index in [-0.39, 0.29) is 18.6 Å². The molecule has 0 aromatic heterocycles. The van der Waals surface area contributed by atoms with Gasteiger partial charge in [-0.25, -0.2) is 0 Å². The summed E-state index contributed by atoms with van der Waals surface area (Å²) in [6, 6.07) is 9.75. The van der Waals surface area contributed by atoms with E-state index in [1.807, 2.05) is 30.3 Å². The minimum Gasteiger partial charge on any atom is -0.376 e. The Bertz CT molecular complexity index is 525. The first kappa shape index (κ1) is 19.7. The normalized spacial score (nSPS) is 12.6. The van der Waals surface area contributed by atoms with Gasteiger partial charge in [-0.1, -0.05) is 35.4 Å². The van der Waals surface area contributed by atoms with Gasteiger partial charge >= 0.3 is 7.60 Å². The molecule has 0 aliphatic carbocycles. The Morgan fingerprint density at radius 1 is 1.22 bits per heavy atom. The van der Waals surface area contributed by atoms with E-state index in [4.69, 9.17) is 19.3 Å². The quantitative estimate of drug-likeness (QED) is 0.244. The van der Waals surface area contributed by atoms with Gasteiger partial charge in [0, 0.05) is 11.5 Å². The Balaban J connectivity index is 2.60. The van der Waals surface area contributed by atoms with Crippen molar-refractivity contribution in [1.29, 1.82) is 0 Å². The molecular weight excluding hydrogens is 317 g/mol. The van der Waals surface area contributed by atoms with Crippen LogP contribution in [0.4, 0.5) is 0 Å². The molecule has 1 rings (SSSR count). The van der Waals surface area contributed by atoms with Gasteiger partial charge in [0.1, 0.15) is 0 Å². The smallest absolute Gasteiger partial charge is 0.331 e. The lowest BCUT2D eigenvalue weighted by molar-refractivity contribution is 0.0920. The highest BCUT2D eigenvalue weighted by atomic mass is 31.2. The maximum absolute atomic E-state index is 12.6. The van der Waals surface area contributed by atoms with Gasteiger partial charge in [0.05, 0.1) is 32.6 Å². The van der Waals surface area contributed by atoms with E-state index in [1.165, 1.54) is 0 Å². The highest BCUT2D eigenvalue weighted by Crippen LogP contribution is 2.49. The van der Waals surface area contributed by atoms with Gasteiger partial charge in [-0.05, 0) is 30.9 Å². The first-order valence-electron chi connectivity index (χ1n) is 7.64. The molecule has 1 atom stereocenters. The second-order valence-electron chi connectivity index (χ2n) is 4.91. The maximum Gasteiger partial charge on any atom is 0.331 e. The Kier molecular flexibility index (Phi) is 9.60. The van der Waals surface area contributed by atoms with Crippen LogP contribution in [0.5, 0.6) is 0 Å². The number of ether oxygens (including phenoxy) is 1. The largest absolute Gasteiger partial charge is 0.376 e. The van der Waals surface area contributed by atoms with Crippen molar-refractivity contribution in [2.24, 2.45) is 11.0 Å². The number of hydrogen-bond donors (Lipinski definition) is 0. The molecule has 0 amide bonds. The fourth-order valence-corrected chi connectivity index (χ4v) is 4.01. The molecule has 0 heterocycles. The molecule has 1 unspecified atom stereocenters. The summed E-state index contributed by atoms with van der Waals surface area (Å²) in [5.74, 6) is -0.224. The average Bonchev–Trinajstić information content (AvgIpc) is 2.54. The van der Waals surface area contributed by atoms with Gasteiger partial charge < -0.3 is 13.8 Å². The van der Waals surface area contributed by atoms with Crippen LogP contribution in [-0.4, -0.2) is 32.5 Å². The number of rotatable bonds is 12. The predicted molar refractivity (Wildman–Crippen MR) is 89.3 cm³/mol. The summed E-state index contributed by atoms with van der Waals surface area (Å²) in [6.07, 6.45) is 0.169. The Morgan fingerprint density at radius 3 is 2.43 bits per heavy atom. The van der Waals surface area contributed by atoms with Crippen molar-refractivity contribution in [3.05, 3.63) is 46.3 Å². The molecule has 8 heteroatoms. The minimum atomic E-state index is -3.19. The van der Waals surface area contributed by atoms with Crippen molar-refractivity contribution in [3.8, 4) is 0 Å². The molecule has 0 N–H and O–H groups in total. The van der Waals surface area contributed by atoms with E-state index in [1.54, 1.807) is 13.8 Å². The van der Waals surface area contributed by atoms with E-state index in [2.05, 4.69) is 10.0 Å². The van der Waals surface area contributed by atoms with Crippen molar-refractivity contribution in [2.75, 3.05) is 32.5 Å². The summed E-state index contributed by atoms with van der Waals surface area (Å²) >= 11 is 0. The van der Waals surface area contributed by atoms with E-state index in [0.29, 0.717) is 26.4 Å². The van der Waals surface area contributed by atoms with Gasteiger partial charge in [0.15, 0.2) is 0 Å². The fourth-order valence-electron chi connectivity index (χ4n) is 2.09. The maximum atomic E-state index is 12.6. The van der Waals surface area contributed by atoms with Crippen LogP contribution in [0.25, 0.3) is 10.4 Å². The topological polar surface area (TPSA) is 93.5 Å². The number of benzene rings is 1. The second-order valence-corrected chi connectivity index (χ2v) is 7.01. The summed E-state index contributed by atoms with van der Waals surface area (Å²) in [5, 5.41) is 3.57. The monoisotopic (exact) mass is 341 g/mol. The van der Waals surface area contributed by atoms with E-state index >= 15 is 0 Å². The molecule has 1 aromatic carbocycles. The van der Waals surface area contributed by atoms with Crippen molar-refractivity contribution in [3.63, 3.8) is 0 Å². The summed E-state index contributed by atoms with van der Waals surface area (Å²) in [5.41, 5.74) is 9.56. The van der Waals surface area contributed by atoms with Crippen molar-refractivity contribution < 1.29 is 18.3 Å². The van der Waals surface area contributed by atoms with Crippen LogP contribution in [0.3, 0.4) is 0 Å². The average molecular weight is 341 g/mol. The van der Waals surface area contributed by atoms with Crippen molar-refractivity contribution in [1.82, 2.24) is 0 Å². The molecule has 23 heavy (non-hydrogen) atoms. The van der Waals surface area contributed by atoms with Gasteiger partial charge in [-0.15, -0.1) is 0 Å². The molecule has 7 nitrogen and oxygen atoms in total. The molecule has 0 aliphatic rings. The summed E-state index contributed by atoms with van der Waals surface area (Å²) < 4.78 is 28.8. The van der Waals surface area contributed by atoms with Crippen LogP contribution in [0.2, 0.25) is 0 Å². The second kappa shape index (κ2) is 11.2. The van der Waals surface area contributed by atoms with E-state index in [9.17, 15) is 4.57 Å². The van der Waals surface area contributed by atoms with Crippen molar-refractivity contribution >= 4 is 7.60 Å². The van der Waals surface area contributed by atoms with Gasteiger partial charge in [0.25, 0.3) is 0 Å². The van der Waals surface area contributed by atoms with Crippen LogP contribution in [0.15, 0.2) is 35.4 Å². The molecule has 1 aromatic rings. The lowest BCUT2D eigenvalue weighted by atomic mass is 10.2. The zero-order chi connectivity index (χ0) is 17.0. The third-order valence-corrected chi connectivity index (χ3v) is 5.27. The zero-order valence-corrected chi connectivity index (χ0v) is 14.5. The van der Waals surface area contributed by atoms with Gasteiger partial charge in [-0.2, -0.15) is 0 Å². The summed E-state index contributed by atoms with van der Waals surface area (Å²) in [4.78, 5) is 2.76. The van der Waals surface area contributed by atoms with E-state index in [0.717, 1.165) is 5.56 Å². The number of nitrogens with zero attached hydrogens (tertiary/aromatic N) is 3. The van der Waals surface area contributed by atoms with Crippen LogP contribution in [0, 0.1) is 5.92 Å². The Morgan fingerprint density at radius 2 is 1.87 bits per heavy atom. The molecule has 0 radical (unpaired) electrons. The molecule has 0 spiro atoms. The van der Waals surface area contributed by atoms with E-state index < -0.39 is 7.60 Å². The third-order valence-electron chi connectivity index (χ3n) is 3.00. The highest BCUT2D eigenvalue weighted by molar-refractivity contribution is 7.53. The lowest BCUT2D eigenvalue weighted by Crippen LogP contribution is -2.19. The van der Waals surface area contributed by atoms with Crippen molar-refractivity contribution in [2.45, 2.75) is 20.5 Å². The fraction of sp³-hybridized carbons (Fsp3) is 0.600. The Labute approximate surface area is 137 Å². The summed E-state index contributed by atoms with van der Waals surface area (Å²) in [6.45, 7) is 5.08. The number of hydrogen-bond acceptors (Lipinski definition) is 5. The number of azide groups is 1. The Hall–Kier alpha value is -1.36. The summed E-state index contributed by atoms with van der Waals surface area (Å²) in [7, 11) is -3.19. The van der Waals surface area contributed by atoms with Crippen LogP contribution >= 0.6 is 7.60 Å². The standard InChI is InChI=1S/C15H24N3O4P/c1-3-21-23(19,22-4-2)13-15(10-17-18-16)12-20-11-14-8-6-5-7-9-14/h5-9,15H,3-4,10-13H2,1-2H3. The van der Waals surface area contributed by atoms with Crippen LogP contribution in [0.1, 0.15) is 19.4 Å². The molecule has 0 aliphatic heterocycles. The van der Waals surface area contributed by atoms with Gasteiger partial charge in [0.2, 0.25) is 0 Å². The van der Waals surface area contributed by atoms with Gasteiger partial charge in [-0.3, -0.25) is 4.57 Å². The first-order valence-corrected chi connectivity index (χ1v) is 9.37. The molecule has 128 valence electrons. The predicted octanol–water partition coefficient (Wildman–Crippen LogP) is 4.40. The molecule has 0 bridgehead atoms. The highest BCUT2D eigenvalue weighted by Gasteiger charge is 2.28. The molecule has 0 saturated heterocycles. The lowest BCUT2D eigenvalue weighted by Gasteiger charge is -2.22. The molecule has 0 saturated carbocycles. The van der Waals surface area contributed by atoms with Crippen LogP contribution < -0.4 is 0 Å². The third kappa shape index (κ3) is 8.16. The zero-order valence-electron chi connectivity index (χ0n) is 13.6. The molecule has 0 fully saturated rings. The minimum absolute atomic E-state index is 0.169. The van der Waals surface area contributed by atoms with Crippen LogP contribution in [-0.2, 0) is 25.0 Å².